The Balaban J connectivity index is 4.22. The van der Waals surface area contributed by atoms with E-state index in [1.165, 1.54) is 250 Å². The Bertz CT molecular complexity index is 1160. The molecule has 0 amide bonds. The molecular formula is C66H124O6. The second-order valence-corrected chi connectivity index (χ2v) is 22.0. The molecule has 0 rings (SSSR count). The highest BCUT2D eigenvalue weighted by atomic mass is 16.6. The minimum Gasteiger partial charge on any atom is -0.462 e. The predicted octanol–water partition coefficient (Wildman–Crippen LogP) is 21.8. The molecule has 1 atom stereocenters. The molecule has 0 saturated heterocycles. The zero-order chi connectivity index (χ0) is 52.2. The number of hydrogen-bond donors (Lipinski definition) is 0. The lowest BCUT2D eigenvalue weighted by Gasteiger charge is -2.18. The predicted molar refractivity (Wildman–Crippen MR) is 312 cm³/mol. The molecule has 424 valence electrons. The largest absolute Gasteiger partial charge is 0.462 e. The summed E-state index contributed by atoms with van der Waals surface area (Å²) >= 11 is 0. The van der Waals surface area contributed by atoms with E-state index >= 15 is 0 Å². The minimum atomic E-state index is -0.776. The van der Waals surface area contributed by atoms with Gasteiger partial charge in [0.25, 0.3) is 0 Å². The van der Waals surface area contributed by atoms with Crippen LogP contribution < -0.4 is 0 Å². The highest BCUT2D eigenvalue weighted by Crippen LogP contribution is 2.18. The van der Waals surface area contributed by atoms with Crippen molar-refractivity contribution in [2.75, 3.05) is 13.2 Å². The molecule has 0 aliphatic heterocycles. The van der Waals surface area contributed by atoms with Crippen molar-refractivity contribution in [3.05, 3.63) is 24.3 Å². The van der Waals surface area contributed by atoms with E-state index in [-0.39, 0.29) is 31.1 Å². The second-order valence-electron chi connectivity index (χ2n) is 22.0. The molecule has 0 aliphatic rings. The topological polar surface area (TPSA) is 78.9 Å². The molecule has 0 heterocycles. The maximum absolute atomic E-state index is 12.9. The van der Waals surface area contributed by atoms with Gasteiger partial charge in [-0.25, -0.2) is 0 Å². The minimum absolute atomic E-state index is 0.0724. The fourth-order valence-corrected chi connectivity index (χ4v) is 9.79. The lowest BCUT2D eigenvalue weighted by Crippen LogP contribution is -2.30. The summed E-state index contributed by atoms with van der Waals surface area (Å²) in [6.45, 7) is 6.67. The first-order valence-corrected chi connectivity index (χ1v) is 32.3. The maximum Gasteiger partial charge on any atom is 0.306 e. The molecule has 6 nitrogen and oxygen atoms in total. The number of hydrogen-bond acceptors (Lipinski definition) is 6. The Morgan fingerprint density at radius 1 is 0.264 bits per heavy atom. The van der Waals surface area contributed by atoms with E-state index in [9.17, 15) is 14.4 Å². The number of rotatable bonds is 60. The van der Waals surface area contributed by atoms with Crippen molar-refractivity contribution >= 4 is 17.9 Å². The normalized spacial score (nSPS) is 12.1. The van der Waals surface area contributed by atoms with Crippen LogP contribution in [0.1, 0.15) is 361 Å². The van der Waals surface area contributed by atoms with Gasteiger partial charge in [0.05, 0.1) is 0 Å². The van der Waals surface area contributed by atoms with Gasteiger partial charge in [-0.3, -0.25) is 14.4 Å². The number of unbranched alkanes of at least 4 members (excludes halogenated alkanes) is 45. The molecule has 0 aromatic heterocycles. The average Bonchev–Trinajstić information content (AvgIpc) is 3.38. The van der Waals surface area contributed by atoms with Crippen molar-refractivity contribution in [3.8, 4) is 0 Å². The van der Waals surface area contributed by atoms with Crippen molar-refractivity contribution in [1.29, 1.82) is 0 Å². The quantitative estimate of drug-likeness (QED) is 0.0261. The molecule has 0 fully saturated rings. The highest BCUT2D eigenvalue weighted by Gasteiger charge is 2.19. The van der Waals surface area contributed by atoms with Crippen LogP contribution in [0.5, 0.6) is 0 Å². The highest BCUT2D eigenvalue weighted by molar-refractivity contribution is 5.71. The van der Waals surface area contributed by atoms with Gasteiger partial charge in [-0.15, -0.1) is 0 Å². The van der Waals surface area contributed by atoms with E-state index in [2.05, 4.69) is 45.1 Å². The number of carbonyl (C=O) groups excluding carboxylic acids is 3. The summed E-state index contributed by atoms with van der Waals surface area (Å²) in [5, 5.41) is 0. The summed E-state index contributed by atoms with van der Waals surface area (Å²) in [5.74, 6) is -0.865. The van der Waals surface area contributed by atoms with Gasteiger partial charge in [-0.1, -0.05) is 295 Å². The summed E-state index contributed by atoms with van der Waals surface area (Å²) in [4.78, 5) is 38.2. The molecule has 0 saturated carbocycles. The van der Waals surface area contributed by atoms with Gasteiger partial charge in [-0.05, 0) is 70.6 Å². The van der Waals surface area contributed by atoms with Crippen molar-refractivity contribution in [2.24, 2.45) is 0 Å². The lowest BCUT2D eigenvalue weighted by atomic mass is 10.0. The summed E-state index contributed by atoms with van der Waals surface area (Å²) in [5.41, 5.74) is 0. The number of allylic oxidation sites excluding steroid dienone is 4. The first-order valence-electron chi connectivity index (χ1n) is 32.3. The number of esters is 3. The van der Waals surface area contributed by atoms with Crippen LogP contribution in [0.2, 0.25) is 0 Å². The monoisotopic (exact) mass is 1010 g/mol. The maximum atomic E-state index is 12.9. The zero-order valence-corrected chi connectivity index (χ0v) is 48.7. The fourth-order valence-electron chi connectivity index (χ4n) is 9.79. The first-order chi connectivity index (χ1) is 35.5. The fraction of sp³-hybridized carbons (Fsp3) is 0.894. The third kappa shape index (κ3) is 58.8. The van der Waals surface area contributed by atoms with E-state index in [1.807, 2.05) is 0 Å². The van der Waals surface area contributed by atoms with Gasteiger partial charge in [-0.2, -0.15) is 0 Å². The smallest absolute Gasteiger partial charge is 0.306 e. The molecule has 0 aromatic rings. The summed E-state index contributed by atoms with van der Waals surface area (Å²) < 4.78 is 16.9. The van der Waals surface area contributed by atoms with E-state index in [0.717, 1.165) is 70.6 Å². The molecule has 1 unspecified atom stereocenters. The molecule has 0 radical (unpaired) electrons. The Morgan fingerprint density at radius 2 is 0.458 bits per heavy atom. The Morgan fingerprint density at radius 3 is 0.694 bits per heavy atom. The molecular weight excluding hydrogens is 889 g/mol. The Kier molecular flexibility index (Phi) is 59.6. The van der Waals surface area contributed by atoms with E-state index in [4.69, 9.17) is 14.2 Å². The number of carbonyl (C=O) groups is 3. The molecule has 0 aromatic carbocycles. The van der Waals surface area contributed by atoms with Gasteiger partial charge in [0, 0.05) is 19.3 Å². The van der Waals surface area contributed by atoms with Gasteiger partial charge < -0.3 is 14.2 Å². The van der Waals surface area contributed by atoms with Crippen molar-refractivity contribution in [3.63, 3.8) is 0 Å². The first kappa shape index (κ1) is 69.9. The SMILES string of the molecule is CCCCCCC/C=C\CCCCCCCC(=O)OCC(COC(=O)CCCCCCCCCCCCCCCCCCCCCCCCCCC)OC(=O)CCCCCCC/C=C\CCCCCCCC. The van der Waals surface area contributed by atoms with Gasteiger partial charge in [0.2, 0.25) is 0 Å². The third-order valence-corrected chi connectivity index (χ3v) is 14.7. The van der Waals surface area contributed by atoms with E-state index in [1.54, 1.807) is 0 Å². The Labute approximate surface area is 449 Å². The van der Waals surface area contributed by atoms with Crippen molar-refractivity contribution in [1.82, 2.24) is 0 Å². The summed E-state index contributed by atoms with van der Waals surface area (Å²) in [6, 6.07) is 0. The molecule has 0 N–H and O–H groups in total. The standard InChI is InChI=1S/C66H124O6/c1-4-7-10-13-16-19-22-25-28-29-30-31-32-33-34-35-36-37-39-41-44-47-50-53-56-59-65(68)71-62-63(61-70-64(67)58-55-52-49-46-43-40-27-24-21-18-15-12-9-6-3)72-66(69)60-57-54-51-48-45-42-38-26-23-20-17-14-11-8-5-2/h24,26-27,38,63H,4-23,25,28-37,39-62H2,1-3H3/b27-24-,38-26-. The van der Waals surface area contributed by atoms with Crippen molar-refractivity contribution in [2.45, 2.75) is 367 Å². The zero-order valence-electron chi connectivity index (χ0n) is 48.7. The van der Waals surface area contributed by atoms with Crippen LogP contribution in [0, 0.1) is 0 Å². The molecule has 0 spiro atoms. The van der Waals surface area contributed by atoms with E-state index in [0.29, 0.717) is 19.3 Å². The van der Waals surface area contributed by atoms with Crippen LogP contribution >= 0.6 is 0 Å². The van der Waals surface area contributed by atoms with Crippen LogP contribution in [0.15, 0.2) is 24.3 Å². The van der Waals surface area contributed by atoms with E-state index < -0.39 is 6.10 Å². The molecule has 0 aliphatic carbocycles. The van der Waals surface area contributed by atoms with Crippen LogP contribution in [-0.4, -0.2) is 37.2 Å². The molecule has 6 heteroatoms. The van der Waals surface area contributed by atoms with Gasteiger partial charge >= 0.3 is 17.9 Å². The van der Waals surface area contributed by atoms with Crippen molar-refractivity contribution < 1.29 is 28.6 Å². The summed E-state index contributed by atoms with van der Waals surface area (Å²) in [6.07, 6.45) is 73.4. The van der Waals surface area contributed by atoms with Crippen LogP contribution in [0.4, 0.5) is 0 Å². The number of ether oxygens (including phenoxy) is 3. The average molecular weight is 1010 g/mol. The van der Waals surface area contributed by atoms with Crippen LogP contribution in [0.3, 0.4) is 0 Å². The Hall–Kier alpha value is -2.11. The molecule has 72 heavy (non-hydrogen) atoms. The second kappa shape index (κ2) is 61.4. The van der Waals surface area contributed by atoms with Gasteiger partial charge in [0.1, 0.15) is 13.2 Å². The lowest BCUT2D eigenvalue weighted by molar-refractivity contribution is -0.167. The van der Waals surface area contributed by atoms with Crippen LogP contribution in [-0.2, 0) is 28.6 Å². The summed E-state index contributed by atoms with van der Waals surface area (Å²) in [7, 11) is 0. The third-order valence-electron chi connectivity index (χ3n) is 14.7. The molecule has 0 bridgehead atoms. The van der Waals surface area contributed by atoms with Crippen LogP contribution in [0.25, 0.3) is 0 Å². The van der Waals surface area contributed by atoms with Gasteiger partial charge in [0.15, 0.2) is 6.10 Å².